The molecule has 0 saturated heterocycles. The highest BCUT2D eigenvalue weighted by Crippen LogP contribution is 2.48. The Bertz CT molecular complexity index is 1600. The first-order valence-corrected chi connectivity index (χ1v) is 17.1. The molecule has 1 aliphatic carbocycles. The predicted molar refractivity (Wildman–Crippen MR) is 203 cm³/mol. The van der Waals surface area contributed by atoms with Gasteiger partial charge in [0.25, 0.3) is 0 Å². The smallest absolute Gasteiger partial charge is 0.234 e. The number of hydrogen-bond acceptors (Lipinski definition) is 3. The molecule has 0 bridgehead atoms. The van der Waals surface area contributed by atoms with Crippen LogP contribution in [0.3, 0.4) is 0 Å². The van der Waals surface area contributed by atoms with E-state index >= 15 is 0 Å². The summed E-state index contributed by atoms with van der Waals surface area (Å²) in [6, 6.07) is 13.9. The van der Waals surface area contributed by atoms with Gasteiger partial charge in [0, 0.05) is 17.6 Å². The fraction of sp³-hybridized carbons (Fsp3) is 0.476. The van der Waals surface area contributed by atoms with E-state index in [9.17, 15) is 0 Å². The third kappa shape index (κ3) is 8.11. The average Bonchev–Trinajstić information content (AvgIpc) is 3.32. The lowest BCUT2D eigenvalue weighted by atomic mass is 9.63. The van der Waals surface area contributed by atoms with Crippen molar-refractivity contribution in [2.75, 3.05) is 11.4 Å². The molecule has 1 N–H and O–H groups in total. The fourth-order valence-electron chi connectivity index (χ4n) is 6.50. The number of furan rings is 1. The third-order valence-electron chi connectivity index (χ3n) is 9.38. The summed E-state index contributed by atoms with van der Waals surface area (Å²) in [6.45, 7) is 30.1. The highest BCUT2D eigenvalue weighted by atomic mass is 16.3. The Kier molecular flexibility index (Phi) is 10.6. The molecule has 0 saturated carbocycles. The van der Waals surface area contributed by atoms with Gasteiger partial charge in [-0.3, -0.25) is 0 Å². The molecule has 3 nitrogen and oxygen atoms in total. The zero-order chi connectivity index (χ0) is 33.9. The summed E-state index contributed by atoms with van der Waals surface area (Å²) in [7, 11) is 2.11. The minimum atomic E-state index is 0.00575. The molecule has 1 unspecified atom stereocenters. The van der Waals surface area contributed by atoms with Gasteiger partial charge in [-0.25, -0.2) is 0 Å². The number of hydrogen-bond donors (Lipinski definition) is 1. The van der Waals surface area contributed by atoms with Gasteiger partial charge < -0.3 is 14.6 Å². The number of anilines is 2. The number of benzene rings is 2. The SMILES string of the molecule is C=CCC(/C=C/NC/C=C/C(C)(C)C)N(c1ccc2c(c1)C(C)(C)CCC2(C)C)c1c([B]/C=C/C)oc2ccc(C(C)(C)C)cc12. The van der Waals surface area contributed by atoms with Gasteiger partial charge in [0.05, 0.1) is 17.4 Å². The van der Waals surface area contributed by atoms with Gasteiger partial charge in [-0.05, 0) is 101 Å². The second-order valence-electron chi connectivity index (χ2n) is 16.5. The van der Waals surface area contributed by atoms with Crippen molar-refractivity contribution in [3.63, 3.8) is 0 Å². The molecule has 0 fully saturated rings. The summed E-state index contributed by atoms with van der Waals surface area (Å²) >= 11 is 0. The molecule has 1 atom stereocenters. The number of fused-ring (bicyclic) bond motifs is 2. The molecule has 3 aromatic rings. The van der Waals surface area contributed by atoms with Gasteiger partial charge in [-0.1, -0.05) is 99.6 Å². The van der Waals surface area contributed by atoms with Gasteiger partial charge in [0.15, 0.2) is 0 Å². The topological polar surface area (TPSA) is 28.4 Å². The molecule has 1 heterocycles. The van der Waals surface area contributed by atoms with Crippen molar-refractivity contribution in [2.24, 2.45) is 5.41 Å². The summed E-state index contributed by atoms with van der Waals surface area (Å²) in [6.07, 6.45) is 16.1. The standard InChI is InChI=1S/C42H58BN2O/c1-13-16-31(21-27-44-26-15-22-39(3,4)5)45(32-18-19-34-35(29-32)42(11,12)24-23-41(34,9)10)37-33-28-30(40(6,7)8)17-20-36(33)46-38(37)43-25-14-2/h13-15,17-22,25,27-29,31,44H,1,16,23-24,26H2,2-12H3/b22-15+,25-14+,27-21+. The molecule has 1 aliphatic rings. The van der Waals surface area contributed by atoms with E-state index in [0.29, 0.717) is 0 Å². The van der Waals surface area contributed by atoms with Crippen LogP contribution in [-0.4, -0.2) is 19.9 Å². The fourth-order valence-corrected chi connectivity index (χ4v) is 6.50. The molecule has 2 aromatic carbocycles. The largest absolute Gasteiger partial charge is 0.469 e. The van der Waals surface area contributed by atoms with Gasteiger partial charge in [0.1, 0.15) is 5.58 Å². The van der Waals surface area contributed by atoms with E-state index in [0.717, 1.165) is 35.3 Å². The van der Waals surface area contributed by atoms with Crippen molar-refractivity contribution >= 4 is 35.3 Å². The molecular weight excluding hydrogens is 559 g/mol. The molecule has 245 valence electrons. The maximum Gasteiger partial charge on any atom is 0.234 e. The van der Waals surface area contributed by atoms with Crippen molar-refractivity contribution in [1.82, 2.24) is 5.32 Å². The molecule has 1 aromatic heterocycles. The number of nitrogens with one attached hydrogen (secondary N) is 1. The van der Waals surface area contributed by atoms with Crippen LogP contribution in [0.25, 0.3) is 11.0 Å². The molecule has 0 amide bonds. The first kappa shape index (κ1) is 35.5. The van der Waals surface area contributed by atoms with E-state index in [1.165, 1.54) is 35.2 Å². The number of rotatable bonds is 11. The number of allylic oxidation sites excluding steroid dienone is 2. The Morgan fingerprint density at radius 3 is 2.30 bits per heavy atom. The van der Waals surface area contributed by atoms with Crippen LogP contribution in [0.4, 0.5) is 11.4 Å². The van der Waals surface area contributed by atoms with Crippen LogP contribution in [0.1, 0.15) is 112 Å². The predicted octanol–water partition coefficient (Wildman–Crippen LogP) is 10.7. The minimum Gasteiger partial charge on any atom is -0.469 e. The monoisotopic (exact) mass is 617 g/mol. The number of nitrogens with zero attached hydrogens (tertiary/aromatic N) is 1. The summed E-state index contributed by atoms with van der Waals surface area (Å²) in [5.41, 5.74) is 8.63. The Morgan fingerprint density at radius 1 is 0.978 bits per heavy atom. The van der Waals surface area contributed by atoms with Gasteiger partial charge in [0.2, 0.25) is 7.28 Å². The maximum atomic E-state index is 6.65. The van der Waals surface area contributed by atoms with Crippen molar-refractivity contribution in [3.8, 4) is 0 Å². The highest BCUT2D eigenvalue weighted by molar-refractivity contribution is 6.60. The molecular formula is C42H58BN2O. The molecule has 0 aliphatic heterocycles. The Labute approximate surface area is 281 Å². The molecule has 0 spiro atoms. The quantitative estimate of drug-likeness (QED) is 0.132. The summed E-state index contributed by atoms with van der Waals surface area (Å²) in [5, 5.41) is 4.65. The van der Waals surface area contributed by atoms with E-state index in [1.807, 2.05) is 13.0 Å². The first-order valence-electron chi connectivity index (χ1n) is 17.1. The summed E-state index contributed by atoms with van der Waals surface area (Å²) in [4.78, 5) is 2.50. The van der Waals surface area contributed by atoms with Crippen LogP contribution < -0.4 is 15.9 Å². The Hall–Kier alpha value is -3.40. The van der Waals surface area contributed by atoms with Crippen LogP contribution in [0.5, 0.6) is 0 Å². The third-order valence-corrected chi connectivity index (χ3v) is 9.38. The Morgan fingerprint density at radius 2 is 1.67 bits per heavy atom. The second kappa shape index (κ2) is 13.8. The second-order valence-corrected chi connectivity index (χ2v) is 16.5. The molecule has 4 rings (SSSR count). The van der Waals surface area contributed by atoms with Crippen LogP contribution in [0.2, 0.25) is 0 Å². The minimum absolute atomic E-state index is 0.00575. The van der Waals surface area contributed by atoms with Gasteiger partial charge >= 0.3 is 0 Å². The normalized spacial score (nSPS) is 17.1. The van der Waals surface area contributed by atoms with Crippen molar-refractivity contribution in [2.45, 2.75) is 118 Å². The maximum absolute atomic E-state index is 6.65. The highest BCUT2D eigenvalue weighted by Gasteiger charge is 2.38. The zero-order valence-corrected chi connectivity index (χ0v) is 30.6. The zero-order valence-electron chi connectivity index (χ0n) is 30.6. The first-order chi connectivity index (χ1) is 21.5. The van der Waals surface area contributed by atoms with Gasteiger partial charge in [-0.2, -0.15) is 0 Å². The molecule has 4 heteroatoms. The van der Waals surface area contributed by atoms with Crippen LogP contribution in [-0.2, 0) is 16.2 Å². The van der Waals surface area contributed by atoms with Gasteiger partial charge in [-0.15, -0.1) is 18.6 Å². The average molecular weight is 618 g/mol. The van der Waals surface area contributed by atoms with E-state index in [2.05, 4.69) is 166 Å². The van der Waals surface area contributed by atoms with E-state index in [4.69, 9.17) is 4.42 Å². The van der Waals surface area contributed by atoms with Crippen LogP contribution >= 0.6 is 0 Å². The van der Waals surface area contributed by atoms with Crippen molar-refractivity contribution < 1.29 is 4.42 Å². The van der Waals surface area contributed by atoms with Crippen molar-refractivity contribution in [3.05, 3.63) is 102 Å². The van der Waals surface area contributed by atoms with Crippen LogP contribution in [0.15, 0.2) is 89.9 Å². The lowest BCUT2D eigenvalue weighted by Crippen LogP contribution is -2.36. The van der Waals surface area contributed by atoms with E-state index in [1.54, 1.807) is 0 Å². The van der Waals surface area contributed by atoms with Crippen LogP contribution in [0, 0.1) is 5.41 Å². The summed E-state index contributed by atoms with van der Waals surface area (Å²) in [5.74, 6) is 2.07. The van der Waals surface area contributed by atoms with E-state index in [-0.39, 0.29) is 27.7 Å². The summed E-state index contributed by atoms with van der Waals surface area (Å²) < 4.78 is 6.65. The molecule has 46 heavy (non-hydrogen) atoms. The Balaban J connectivity index is 1.96. The lowest BCUT2D eigenvalue weighted by Gasteiger charge is -2.43. The molecule has 1 radical (unpaired) electrons. The van der Waals surface area contributed by atoms with E-state index < -0.39 is 0 Å². The van der Waals surface area contributed by atoms with Crippen molar-refractivity contribution in [1.29, 1.82) is 0 Å². The lowest BCUT2D eigenvalue weighted by molar-refractivity contribution is 0.332.